The third kappa shape index (κ3) is 4.10. The largest absolute Gasteiger partial charge is 0.309 e. The van der Waals surface area contributed by atoms with E-state index in [2.05, 4.69) is 181 Å². The van der Waals surface area contributed by atoms with E-state index in [1.807, 2.05) is 11.3 Å². The number of fused-ring (bicyclic) bond motifs is 2. The number of hydrogen-bond acceptors (Lipinski definition) is 2. The van der Waals surface area contributed by atoms with Crippen molar-refractivity contribution >= 4 is 82.3 Å². The zero-order chi connectivity index (χ0) is 31.6. The molecule has 9 aromatic carbocycles. The molecule has 1 aromatic heterocycles. The maximum atomic E-state index is 2.42. The standard InChI is InChI=1S/C46H29NS/c1-3-14-33(15-4-1)47(34-16-5-2-6-17-34)46-39-20-9-7-18-36(39)45(37-19-8-10-21-40(37)46)42-29-28-41(48-42)35-26-24-32-23-22-30-12-11-13-31-25-27-38(35)44(32)43(30)31/h1-29H. The molecule has 0 atom stereocenters. The first-order valence-corrected chi connectivity index (χ1v) is 17.3. The van der Waals surface area contributed by atoms with Gasteiger partial charge in [0.05, 0.1) is 5.69 Å². The molecule has 2 heteroatoms. The van der Waals surface area contributed by atoms with Crippen LogP contribution in [0.1, 0.15) is 0 Å². The molecule has 0 fully saturated rings. The van der Waals surface area contributed by atoms with Crippen molar-refractivity contribution in [3.8, 4) is 20.9 Å². The van der Waals surface area contributed by atoms with Crippen molar-refractivity contribution in [2.24, 2.45) is 0 Å². The van der Waals surface area contributed by atoms with Crippen molar-refractivity contribution in [2.75, 3.05) is 4.90 Å². The molecular weight excluding hydrogens is 599 g/mol. The predicted molar refractivity (Wildman–Crippen MR) is 209 cm³/mol. The Balaban J connectivity index is 1.22. The van der Waals surface area contributed by atoms with E-state index in [9.17, 15) is 0 Å². The van der Waals surface area contributed by atoms with Crippen molar-refractivity contribution in [3.05, 3.63) is 176 Å². The molecule has 0 radical (unpaired) electrons. The van der Waals surface area contributed by atoms with Crippen LogP contribution in [0, 0.1) is 0 Å². The summed E-state index contributed by atoms with van der Waals surface area (Å²) in [7, 11) is 0. The van der Waals surface area contributed by atoms with Gasteiger partial charge in [0.1, 0.15) is 0 Å². The quantitative estimate of drug-likeness (QED) is 0.136. The summed E-state index contributed by atoms with van der Waals surface area (Å²) in [5, 5.41) is 12.9. The van der Waals surface area contributed by atoms with Gasteiger partial charge in [0, 0.05) is 37.5 Å². The molecule has 0 saturated carbocycles. The van der Waals surface area contributed by atoms with E-state index in [1.165, 1.54) is 80.4 Å². The lowest BCUT2D eigenvalue weighted by atomic mass is 9.91. The number of nitrogens with zero attached hydrogens (tertiary/aromatic N) is 1. The number of hydrogen-bond donors (Lipinski definition) is 0. The molecule has 10 aromatic rings. The fourth-order valence-corrected chi connectivity index (χ4v) is 8.86. The normalized spacial score (nSPS) is 11.8. The fraction of sp³-hybridized carbons (Fsp3) is 0. The molecule has 1 heterocycles. The van der Waals surface area contributed by atoms with Gasteiger partial charge in [-0.2, -0.15) is 0 Å². The lowest BCUT2D eigenvalue weighted by molar-refractivity contribution is 1.31. The second-order valence-corrected chi connectivity index (χ2v) is 13.5. The molecule has 10 rings (SSSR count). The molecule has 0 bridgehead atoms. The molecule has 1 nitrogen and oxygen atoms in total. The summed E-state index contributed by atoms with van der Waals surface area (Å²) in [5.41, 5.74) is 6.06. The first-order valence-electron chi connectivity index (χ1n) is 16.4. The van der Waals surface area contributed by atoms with Gasteiger partial charge in [-0.1, -0.05) is 140 Å². The SMILES string of the molecule is c1ccc(N(c2ccccc2)c2c3ccccc3c(-c3ccc(-c4ccc5ccc6cccc7ccc4c5c67)s3)c3ccccc23)cc1. The Morgan fingerprint density at radius 3 is 1.46 bits per heavy atom. The highest BCUT2D eigenvalue weighted by molar-refractivity contribution is 7.19. The van der Waals surface area contributed by atoms with E-state index >= 15 is 0 Å². The van der Waals surface area contributed by atoms with E-state index in [4.69, 9.17) is 0 Å². The number of benzene rings is 9. The van der Waals surface area contributed by atoms with Gasteiger partial charge in [0.2, 0.25) is 0 Å². The third-order valence-electron chi connectivity index (χ3n) is 9.80. The van der Waals surface area contributed by atoms with Crippen LogP contribution in [0.15, 0.2) is 176 Å². The van der Waals surface area contributed by atoms with Gasteiger partial charge in [-0.3, -0.25) is 0 Å². The van der Waals surface area contributed by atoms with Crippen LogP contribution in [0.4, 0.5) is 17.1 Å². The maximum absolute atomic E-state index is 2.42. The van der Waals surface area contributed by atoms with Crippen molar-refractivity contribution in [2.45, 2.75) is 0 Å². The van der Waals surface area contributed by atoms with Crippen molar-refractivity contribution < 1.29 is 0 Å². The van der Waals surface area contributed by atoms with Crippen LogP contribution in [-0.4, -0.2) is 0 Å². The minimum atomic E-state index is 1.14. The Morgan fingerprint density at radius 2 is 0.833 bits per heavy atom. The Labute approximate surface area is 282 Å². The fourth-order valence-electron chi connectivity index (χ4n) is 7.74. The van der Waals surface area contributed by atoms with Crippen molar-refractivity contribution in [3.63, 3.8) is 0 Å². The summed E-state index contributed by atoms with van der Waals surface area (Å²) >= 11 is 1.89. The van der Waals surface area contributed by atoms with Gasteiger partial charge in [0.25, 0.3) is 0 Å². The third-order valence-corrected chi connectivity index (χ3v) is 10.9. The lowest BCUT2D eigenvalue weighted by Gasteiger charge is -2.29. The molecule has 0 saturated heterocycles. The van der Waals surface area contributed by atoms with Crippen LogP contribution in [-0.2, 0) is 0 Å². The smallest absolute Gasteiger partial charge is 0.0618 e. The van der Waals surface area contributed by atoms with Gasteiger partial charge >= 0.3 is 0 Å². The lowest BCUT2D eigenvalue weighted by Crippen LogP contribution is -2.11. The van der Waals surface area contributed by atoms with Crippen LogP contribution < -0.4 is 4.90 Å². The Hall–Kier alpha value is -5.96. The van der Waals surface area contributed by atoms with Gasteiger partial charge in [-0.25, -0.2) is 0 Å². The summed E-state index contributed by atoms with van der Waals surface area (Å²) < 4.78 is 0. The summed E-state index contributed by atoms with van der Waals surface area (Å²) in [6, 6.07) is 64.3. The molecule has 224 valence electrons. The number of rotatable bonds is 5. The molecule has 48 heavy (non-hydrogen) atoms. The molecule has 0 unspecified atom stereocenters. The summed E-state index contributed by atoms with van der Waals surface area (Å²) in [6.07, 6.45) is 0. The molecule has 0 spiro atoms. The second-order valence-electron chi connectivity index (χ2n) is 12.5. The van der Waals surface area contributed by atoms with Crippen LogP contribution in [0.2, 0.25) is 0 Å². The van der Waals surface area contributed by atoms with Crippen LogP contribution in [0.25, 0.3) is 74.7 Å². The predicted octanol–water partition coefficient (Wildman–Crippen LogP) is 13.8. The van der Waals surface area contributed by atoms with E-state index < -0.39 is 0 Å². The second kappa shape index (κ2) is 10.8. The maximum Gasteiger partial charge on any atom is 0.0618 e. The van der Waals surface area contributed by atoms with E-state index in [0.29, 0.717) is 0 Å². The van der Waals surface area contributed by atoms with Crippen molar-refractivity contribution in [1.29, 1.82) is 0 Å². The Kier molecular flexibility index (Phi) is 6.12. The summed E-state index contributed by atoms with van der Waals surface area (Å²) in [4.78, 5) is 4.98. The monoisotopic (exact) mass is 627 g/mol. The zero-order valence-corrected chi connectivity index (χ0v) is 26.9. The Bertz CT molecular complexity index is 2670. The first-order chi connectivity index (χ1) is 23.8. The topological polar surface area (TPSA) is 3.24 Å². The van der Waals surface area contributed by atoms with E-state index in [0.717, 1.165) is 11.4 Å². The highest BCUT2D eigenvalue weighted by Crippen LogP contribution is 2.50. The van der Waals surface area contributed by atoms with Gasteiger partial charge in [-0.15, -0.1) is 11.3 Å². The van der Waals surface area contributed by atoms with Crippen LogP contribution in [0.5, 0.6) is 0 Å². The highest BCUT2D eigenvalue weighted by atomic mass is 32.1. The average Bonchev–Trinajstić information content (AvgIpc) is 3.64. The molecule has 0 aliphatic heterocycles. The van der Waals surface area contributed by atoms with Gasteiger partial charge in [-0.05, 0) is 85.1 Å². The molecule has 0 aliphatic rings. The average molecular weight is 628 g/mol. The van der Waals surface area contributed by atoms with Gasteiger partial charge < -0.3 is 4.90 Å². The van der Waals surface area contributed by atoms with Crippen LogP contribution >= 0.6 is 11.3 Å². The van der Waals surface area contributed by atoms with E-state index in [1.54, 1.807) is 0 Å². The Morgan fingerprint density at radius 1 is 0.333 bits per heavy atom. The van der Waals surface area contributed by atoms with Crippen LogP contribution in [0.3, 0.4) is 0 Å². The molecule has 0 aliphatic carbocycles. The summed E-state index contributed by atoms with van der Waals surface area (Å²) in [5.74, 6) is 0. The summed E-state index contributed by atoms with van der Waals surface area (Å²) in [6.45, 7) is 0. The minimum Gasteiger partial charge on any atom is -0.309 e. The molecule has 0 amide bonds. The number of anilines is 3. The van der Waals surface area contributed by atoms with Crippen molar-refractivity contribution in [1.82, 2.24) is 0 Å². The minimum absolute atomic E-state index is 1.14. The zero-order valence-electron chi connectivity index (χ0n) is 26.1. The number of thiophene rings is 1. The van der Waals surface area contributed by atoms with E-state index in [-0.39, 0.29) is 0 Å². The number of para-hydroxylation sites is 2. The molecule has 0 N–H and O–H groups in total. The first kappa shape index (κ1) is 27.2. The molecular formula is C46H29NS. The van der Waals surface area contributed by atoms with Gasteiger partial charge in [0.15, 0.2) is 0 Å². The highest BCUT2D eigenvalue weighted by Gasteiger charge is 2.23.